The second-order valence-electron chi connectivity index (χ2n) is 1.69. The van der Waals surface area contributed by atoms with Gasteiger partial charge < -0.3 is 15.1 Å². The van der Waals surface area contributed by atoms with Gasteiger partial charge in [0.15, 0.2) is 11.9 Å². The topological polar surface area (TPSA) is 97.7 Å². The molecule has 0 aliphatic rings. The number of carbonyl (C=O) groups excluding carboxylic acids is 1. The molecule has 2 atom stereocenters. The Morgan fingerprint density at radius 2 is 2.27 bits per heavy atom. The average Bonchev–Trinajstić information content (AvgIpc) is 2.00. The van der Waals surface area contributed by atoms with Crippen LogP contribution in [0.4, 0.5) is 0 Å². The van der Waals surface area contributed by atoms with Gasteiger partial charge in [0.25, 0.3) is 0 Å². The maximum atomic E-state index is 9.96. The van der Waals surface area contributed by atoms with E-state index in [1.807, 2.05) is 0 Å². The van der Waals surface area contributed by atoms with Crippen LogP contribution in [0.25, 0.3) is 0 Å². The molecule has 0 heterocycles. The zero-order valence-corrected chi connectivity index (χ0v) is 6.25. The van der Waals surface area contributed by atoms with Crippen LogP contribution < -0.4 is 4.89 Å². The zero-order chi connectivity index (χ0) is 8.91. The summed E-state index contributed by atoms with van der Waals surface area (Å²) in [6.07, 6.45) is -0.0289. The minimum absolute atomic E-state index is 0.0289. The summed E-state index contributed by atoms with van der Waals surface area (Å²) in [5, 5.41) is 17.1. The van der Waals surface area contributed by atoms with E-state index in [-0.39, 0.29) is 6.29 Å². The van der Waals surface area contributed by atoms with Crippen LogP contribution in [0.3, 0.4) is 0 Å². The molecule has 0 aromatic rings. The third-order valence-electron chi connectivity index (χ3n) is 0.800. The molecular formula is C5H5O5P. The second-order valence-corrected chi connectivity index (χ2v) is 2.43. The van der Waals surface area contributed by atoms with Gasteiger partial charge in [0.2, 0.25) is 5.60 Å². The first-order valence-electron chi connectivity index (χ1n) is 2.51. The highest BCUT2D eigenvalue weighted by Gasteiger charge is 2.22. The van der Waals surface area contributed by atoms with Crippen molar-refractivity contribution in [3.8, 4) is 11.6 Å². The molecule has 0 aromatic carbocycles. The van der Waals surface area contributed by atoms with E-state index >= 15 is 0 Å². The van der Waals surface area contributed by atoms with Crippen molar-refractivity contribution in [3.05, 3.63) is 0 Å². The normalized spacial score (nSPS) is 15.7. The fourth-order valence-corrected chi connectivity index (χ4v) is 0.534. The van der Waals surface area contributed by atoms with Gasteiger partial charge in [0.1, 0.15) is 0 Å². The lowest BCUT2D eigenvalue weighted by Crippen LogP contribution is -2.32. The van der Waals surface area contributed by atoms with Gasteiger partial charge in [-0.15, -0.1) is 0 Å². The van der Waals surface area contributed by atoms with E-state index in [0.29, 0.717) is 0 Å². The highest BCUT2D eigenvalue weighted by atomic mass is 31.1. The van der Waals surface area contributed by atoms with E-state index < -0.39 is 20.2 Å². The van der Waals surface area contributed by atoms with Gasteiger partial charge in [-0.1, -0.05) is 4.57 Å². The van der Waals surface area contributed by atoms with Crippen LogP contribution in [0.5, 0.6) is 0 Å². The molecule has 6 heteroatoms. The molecule has 0 rings (SSSR count). The number of aliphatic hydroxyl groups is 2. The minimum atomic E-state index is -2.97. The lowest BCUT2D eigenvalue weighted by molar-refractivity contribution is -0.160. The Balaban J connectivity index is 4.45. The van der Waals surface area contributed by atoms with Gasteiger partial charge >= 0.3 is 8.03 Å². The summed E-state index contributed by atoms with van der Waals surface area (Å²) in [4.78, 5) is 19.8. The number of hydrogen-bond acceptors (Lipinski definition) is 5. The molecule has 0 fully saturated rings. The molecule has 0 spiro atoms. The predicted octanol–water partition coefficient (Wildman–Crippen LogP) is -2.03. The Labute approximate surface area is 63.5 Å². The van der Waals surface area contributed by atoms with E-state index in [0.717, 1.165) is 0 Å². The van der Waals surface area contributed by atoms with E-state index in [1.165, 1.54) is 0 Å². The van der Waals surface area contributed by atoms with Gasteiger partial charge in [0.05, 0.1) is 6.61 Å². The van der Waals surface area contributed by atoms with E-state index in [9.17, 15) is 14.3 Å². The van der Waals surface area contributed by atoms with E-state index in [4.69, 9.17) is 10.2 Å². The largest absolute Gasteiger partial charge is 0.583 e. The molecule has 0 amide bonds. The first kappa shape index (κ1) is 10.2. The van der Waals surface area contributed by atoms with Gasteiger partial charge in [-0.2, -0.15) is 0 Å². The monoisotopic (exact) mass is 176 g/mol. The average molecular weight is 176 g/mol. The molecule has 0 aromatic heterocycles. The van der Waals surface area contributed by atoms with Gasteiger partial charge in [-0.05, 0) is 5.92 Å². The van der Waals surface area contributed by atoms with Crippen molar-refractivity contribution in [2.75, 3.05) is 6.61 Å². The van der Waals surface area contributed by atoms with Crippen LogP contribution in [0, 0.1) is 11.6 Å². The van der Waals surface area contributed by atoms with Gasteiger partial charge in [0, 0.05) is 0 Å². The summed E-state index contributed by atoms with van der Waals surface area (Å²) < 4.78 is 9.83. The minimum Gasteiger partial charge on any atom is -0.583 e. The molecule has 0 bridgehead atoms. The number of aliphatic hydroxyl groups excluding tert-OH is 1. The highest BCUT2D eigenvalue weighted by molar-refractivity contribution is 7.42. The quantitative estimate of drug-likeness (QED) is 0.287. The van der Waals surface area contributed by atoms with Crippen LogP contribution in [-0.4, -0.2) is 28.7 Å². The summed E-state index contributed by atoms with van der Waals surface area (Å²) >= 11 is 0. The molecular weight excluding hydrogens is 171 g/mol. The second kappa shape index (κ2) is 4.16. The summed E-state index contributed by atoms with van der Waals surface area (Å²) in [5.41, 5.74) is -0.704. The zero-order valence-electron chi connectivity index (χ0n) is 5.35. The Bertz CT molecular complexity index is 227. The molecule has 0 aliphatic carbocycles. The lowest BCUT2D eigenvalue weighted by Gasteiger charge is -2.07. The summed E-state index contributed by atoms with van der Waals surface area (Å²) in [5.74, 6) is 1.69. The highest BCUT2D eigenvalue weighted by Crippen LogP contribution is 2.04. The Morgan fingerprint density at radius 1 is 1.73 bits per heavy atom. The van der Waals surface area contributed by atoms with Crippen molar-refractivity contribution in [2.45, 2.75) is 5.60 Å². The van der Waals surface area contributed by atoms with Crippen molar-refractivity contribution in [1.29, 1.82) is 0 Å². The Morgan fingerprint density at radius 3 is 2.55 bits per heavy atom. The molecule has 11 heavy (non-hydrogen) atoms. The number of rotatable bonds is 2. The molecule has 2 N–H and O–H groups in total. The summed E-state index contributed by atoms with van der Waals surface area (Å²) in [6.45, 7) is -0.924. The van der Waals surface area contributed by atoms with Crippen molar-refractivity contribution in [3.63, 3.8) is 0 Å². The maximum absolute atomic E-state index is 9.96. The first-order valence-corrected chi connectivity index (χ1v) is 3.68. The standard InChI is InChI=1S/C5H5O5P/c6-3-5(8,4-7)1-2-11(9)10/h3,7-8H,4H2. The summed E-state index contributed by atoms with van der Waals surface area (Å²) in [6, 6.07) is 0. The Kier molecular flexibility index (Phi) is 3.86. The summed E-state index contributed by atoms with van der Waals surface area (Å²) in [7, 11) is -2.97. The van der Waals surface area contributed by atoms with Crippen LogP contribution in [-0.2, 0) is 9.36 Å². The molecule has 5 nitrogen and oxygen atoms in total. The predicted molar refractivity (Wildman–Crippen MR) is 33.5 cm³/mol. The Hall–Kier alpha value is -0.790. The maximum Gasteiger partial charge on any atom is 0.403 e. The van der Waals surface area contributed by atoms with Gasteiger partial charge in [-0.25, -0.2) is 0 Å². The number of hydrogen-bond donors (Lipinski definition) is 2. The van der Waals surface area contributed by atoms with Crippen LogP contribution >= 0.6 is 8.03 Å². The third kappa shape index (κ3) is 3.81. The first-order chi connectivity index (χ1) is 5.04. The molecule has 0 saturated carbocycles. The van der Waals surface area contributed by atoms with Crippen molar-refractivity contribution in [2.24, 2.45) is 0 Å². The molecule has 2 unspecified atom stereocenters. The van der Waals surface area contributed by atoms with E-state index in [1.54, 1.807) is 11.6 Å². The number of carbonyl (C=O) groups is 1. The SMILES string of the molecule is O=CC(O)(C#C[P+](=O)[O-])CO. The fraction of sp³-hybridized carbons (Fsp3) is 0.400. The smallest absolute Gasteiger partial charge is 0.403 e. The number of aldehydes is 1. The molecule has 60 valence electrons. The fourth-order valence-electron chi connectivity index (χ4n) is 0.249. The van der Waals surface area contributed by atoms with Crippen molar-refractivity contribution >= 4 is 14.3 Å². The van der Waals surface area contributed by atoms with Crippen LogP contribution in [0.1, 0.15) is 0 Å². The van der Waals surface area contributed by atoms with Crippen molar-refractivity contribution < 1.29 is 24.5 Å². The lowest BCUT2D eigenvalue weighted by atomic mass is 10.1. The molecule has 0 radical (unpaired) electrons. The van der Waals surface area contributed by atoms with E-state index in [2.05, 4.69) is 0 Å². The van der Waals surface area contributed by atoms with Gasteiger partial charge in [-0.3, -0.25) is 4.79 Å². The van der Waals surface area contributed by atoms with Crippen molar-refractivity contribution in [1.82, 2.24) is 0 Å². The molecule has 0 aliphatic heterocycles. The van der Waals surface area contributed by atoms with Crippen LogP contribution in [0.2, 0.25) is 0 Å². The van der Waals surface area contributed by atoms with Crippen LogP contribution in [0.15, 0.2) is 0 Å². The third-order valence-corrected chi connectivity index (χ3v) is 1.09. The molecule has 0 saturated heterocycles.